The van der Waals surface area contributed by atoms with Crippen molar-refractivity contribution in [1.82, 2.24) is 9.97 Å². The van der Waals surface area contributed by atoms with E-state index < -0.39 is 17.5 Å². The molecule has 0 radical (unpaired) electrons. The molecule has 1 aromatic carbocycles. The lowest BCUT2D eigenvalue weighted by atomic mass is 10.3. The van der Waals surface area contributed by atoms with Crippen LogP contribution in [0.5, 0.6) is 0 Å². The van der Waals surface area contributed by atoms with Crippen molar-refractivity contribution in [3.63, 3.8) is 0 Å². The van der Waals surface area contributed by atoms with Gasteiger partial charge in [-0.3, -0.25) is 0 Å². The van der Waals surface area contributed by atoms with Crippen LogP contribution in [0.3, 0.4) is 0 Å². The lowest BCUT2D eigenvalue weighted by Gasteiger charge is -2.04. The SMILES string of the molecule is Nc1cc(F)c(Sc2ncc(F)cn2)c(F)c1. The van der Waals surface area contributed by atoms with Gasteiger partial charge >= 0.3 is 0 Å². The minimum absolute atomic E-state index is 0.00984. The highest BCUT2D eigenvalue weighted by Gasteiger charge is 2.13. The van der Waals surface area contributed by atoms with Gasteiger partial charge in [-0.15, -0.1) is 0 Å². The monoisotopic (exact) mass is 257 g/mol. The van der Waals surface area contributed by atoms with Crippen LogP contribution in [-0.2, 0) is 0 Å². The highest BCUT2D eigenvalue weighted by atomic mass is 32.2. The van der Waals surface area contributed by atoms with Gasteiger partial charge in [-0.1, -0.05) is 0 Å². The van der Waals surface area contributed by atoms with E-state index in [4.69, 9.17) is 5.73 Å². The quantitative estimate of drug-likeness (QED) is 0.663. The van der Waals surface area contributed by atoms with Gasteiger partial charge in [0.05, 0.1) is 17.3 Å². The van der Waals surface area contributed by atoms with Gasteiger partial charge in [0.15, 0.2) is 11.0 Å². The fraction of sp³-hybridized carbons (Fsp3) is 0. The molecule has 2 N–H and O–H groups in total. The molecule has 0 saturated heterocycles. The maximum Gasteiger partial charge on any atom is 0.192 e. The number of aromatic nitrogens is 2. The maximum absolute atomic E-state index is 13.4. The van der Waals surface area contributed by atoms with Gasteiger partial charge < -0.3 is 5.73 Å². The summed E-state index contributed by atoms with van der Waals surface area (Å²) in [6, 6.07) is 1.99. The third-order valence-corrected chi connectivity index (χ3v) is 2.80. The van der Waals surface area contributed by atoms with Gasteiger partial charge in [-0.25, -0.2) is 23.1 Å². The molecule has 3 nitrogen and oxygen atoms in total. The molecule has 1 heterocycles. The standard InChI is InChI=1S/C10H6F3N3S/c11-5-3-15-10(16-4-5)17-9-7(12)1-6(14)2-8(9)13/h1-4H,14H2. The molecule has 0 unspecified atom stereocenters. The highest BCUT2D eigenvalue weighted by molar-refractivity contribution is 7.99. The fourth-order valence-corrected chi connectivity index (χ4v) is 1.83. The van der Waals surface area contributed by atoms with E-state index in [1.807, 2.05) is 0 Å². The number of rotatable bonds is 2. The summed E-state index contributed by atoms with van der Waals surface area (Å²) in [5.41, 5.74) is 5.26. The highest BCUT2D eigenvalue weighted by Crippen LogP contribution is 2.30. The molecule has 0 bridgehead atoms. The van der Waals surface area contributed by atoms with E-state index in [0.29, 0.717) is 11.8 Å². The predicted octanol–water partition coefficient (Wildman–Crippen LogP) is 2.63. The second-order valence-electron chi connectivity index (χ2n) is 3.10. The zero-order valence-electron chi connectivity index (χ0n) is 8.32. The zero-order chi connectivity index (χ0) is 12.4. The predicted molar refractivity (Wildman–Crippen MR) is 56.9 cm³/mol. The molecular weight excluding hydrogens is 251 g/mol. The molecule has 0 atom stereocenters. The first-order valence-corrected chi connectivity index (χ1v) is 5.28. The molecule has 17 heavy (non-hydrogen) atoms. The largest absolute Gasteiger partial charge is 0.399 e. The van der Waals surface area contributed by atoms with Gasteiger partial charge in [-0.05, 0) is 23.9 Å². The minimum Gasteiger partial charge on any atom is -0.399 e. The van der Waals surface area contributed by atoms with Crippen LogP contribution in [0.4, 0.5) is 18.9 Å². The fourth-order valence-electron chi connectivity index (χ4n) is 1.12. The Morgan fingerprint density at radius 3 is 2.06 bits per heavy atom. The summed E-state index contributed by atoms with van der Waals surface area (Å²) in [5, 5.41) is 0.0500. The molecule has 0 spiro atoms. The molecule has 0 aliphatic carbocycles. The van der Waals surface area contributed by atoms with Crippen molar-refractivity contribution in [3.8, 4) is 0 Å². The number of nitrogens with zero attached hydrogens (tertiary/aromatic N) is 2. The summed E-state index contributed by atoms with van der Waals surface area (Å²) in [7, 11) is 0. The Morgan fingerprint density at radius 1 is 1.00 bits per heavy atom. The maximum atomic E-state index is 13.4. The summed E-state index contributed by atoms with van der Waals surface area (Å²) in [6.07, 6.45) is 1.84. The van der Waals surface area contributed by atoms with Crippen LogP contribution in [0, 0.1) is 17.5 Å². The second kappa shape index (κ2) is 4.62. The van der Waals surface area contributed by atoms with Crippen LogP contribution in [0.25, 0.3) is 0 Å². The lowest BCUT2D eigenvalue weighted by molar-refractivity contribution is 0.541. The molecule has 0 saturated carbocycles. The summed E-state index contributed by atoms with van der Waals surface area (Å²) < 4.78 is 39.3. The van der Waals surface area contributed by atoms with E-state index >= 15 is 0 Å². The Labute approximate surface area is 98.9 Å². The first-order valence-electron chi connectivity index (χ1n) is 4.46. The van der Waals surface area contributed by atoms with Gasteiger partial charge in [0.1, 0.15) is 11.6 Å². The van der Waals surface area contributed by atoms with Gasteiger partial charge in [0.25, 0.3) is 0 Å². The van der Waals surface area contributed by atoms with Crippen LogP contribution in [0.15, 0.2) is 34.6 Å². The molecule has 7 heteroatoms. The van der Waals surface area contributed by atoms with Crippen molar-refractivity contribution < 1.29 is 13.2 Å². The van der Waals surface area contributed by atoms with E-state index in [0.717, 1.165) is 24.5 Å². The Bertz CT molecular complexity index is 522. The number of halogens is 3. The van der Waals surface area contributed by atoms with Crippen LogP contribution in [0.1, 0.15) is 0 Å². The van der Waals surface area contributed by atoms with E-state index in [1.54, 1.807) is 0 Å². The van der Waals surface area contributed by atoms with Crippen LogP contribution < -0.4 is 5.73 Å². The topological polar surface area (TPSA) is 51.8 Å². The smallest absolute Gasteiger partial charge is 0.192 e. The minimum atomic E-state index is -0.805. The van der Waals surface area contributed by atoms with Crippen LogP contribution in [-0.4, -0.2) is 9.97 Å². The molecule has 2 rings (SSSR count). The van der Waals surface area contributed by atoms with Crippen molar-refractivity contribution in [1.29, 1.82) is 0 Å². The van der Waals surface area contributed by atoms with Crippen LogP contribution >= 0.6 is 11.8 Å². The number of anilines is 1. The lowest BCUT2D eigenvalue weighted by Crippen LogP contribution is -1.94. The van der Waals surface area contributed by atoms with Crippen molar-refractivity contribution in [3.05, 3.63) is 42.0 Å². The number of hydrogen-bond acceptors (Lipinski definition) is 4. The van der Waals surface area contributed by atoms with Crippen molar-refractivity contribution in [2.45, 2.75) is 10.1 Å². The Balaban J connectivity index is 2.33. The third-order valence-electron chi connectivity index (χ3n) is 1.81. The Hall–Kier alpha value is -1.76. The van der Waals surface area contributed by atoms with E-state index in [1.165, 1.54) is 0 Å². The third kappa shape index (κ3) is 2.68. The van der Waals surface area contributed by atoms with Gasteiger partial charge in [0, 0.05) is 5.69 Å². The van der Waals surface area contributed by atoms with Gasteiger partial charge in [-0.2, -0.15) is 0 Å². The number of benzene rings is 1. The van der Waals surface area contributed by atoms with E-state index in [-0.39, 0.29) is 15.7 Å². The molecule has 0 aliphatic heterocycles. The Morgan fingerprint density at radius 2 is 1.53 bits per heavy atom. The molecule has 2 aromatic rings. The molecule has 0 aliphatic rings. The summed E-state index contributed by atoms with van der Waals surface area (Å²) >= 11 is 0.664. The molecule has 0 amide bonds. The second-order valence-corrected chi connectivity index (χ2v) is 4.08. The van der Waals surface area contributed by atoms with Gasteiger partial charge in [0.2, 0.25) is 0 Å². The van der Waals surface area contributed by atoms with E-state index in [2.05, 4.69) is 9.97 Å². The van der Waals surface area contributed by atoms with E-state index in [9.17, 15) is 13.2 Å². The van der Waals surface area contributed by atoms with Crippen LogP contribution in [0.2, 0.25) is 0 Å². The summed E-state index contributed by atoms with van der Waals surface area (Å²) in [4.78, 5) is 6.91. The van der Waals surface area contributed by atoms with Crippen molar-refractivity contribution in [2.24, 2.45) is 0 Å². The zero-order valence-corrected chi connectivity index (χ0v) is 9.14. The number of hydrogen-bond donors (Lipinski definition) is 1. The molecular formula is C10H6F3N3S. The average Bonchev–Trinajstić information content (AvgIpc) is 2.26. The molecule has 1 aromatic heterocycles. The number of nitrogens with two attached hydrogens (primary N) is 1. The van der Waals surface area contributed by atoms with Crippen molar-refractivity contribution in [2.75, 3.05) is 5.73 Å². The molecule has 0 fully saturated rings. The summed E-state index contributed by atoms with van der Waals surface area (Å²) in [5.74, 6) is -2.23. The average molecular weight is 257 g/mol. The van der Waals surface area contributed by atoms with Crippen molar-refractivity contribution >= 4 is 17.4 Å². The number of nitrogen functional groups attached to an aromatic ring is 1. The molecule has 88 valence electrons. The summed E-state index contributed by atoms with van der Waals surface area (Å²) in [6.45, 7) is 0. The first kappa shape index (κ1) is 11.7. The Kier molecular flexibility index (Phi) is 3.19. The first-order chi connectivity index (χ1) is 8.06. The normalized spacial score (nSPS) is 10.5.